The summed E-state index contributed by atoms with van der Waals surface area (Å²) < 4.78 is 10.1. The van der Waals surface area contributed by atoms with E-state index >= 15 is 0 Å². The Morgan fingerprint density at radius 3 is 2.57 bits per heavy atom. The maximum atomic E-state index is 11.6. The fourth-order valence-corrected chi connectivity index (χ4v) is 1.69. The van der Waals surface area contributed by atoms with Crippen molar-refractivity contribution in [3.63, 3.8) is 0 Å². The number of carbonyl (C=O) groups is 2. The van der Waals surface area contributed by atoms with Gasteiger partial charge in [-0.3, -0.25) is 0 Å². The molecule has 0 aromatic heterocycles. The van der Waals surface area contributed by atoms with Gasteiger partial charge in [-0.1, -0.05) is 12.1 Å². The highest BCUT2D eigenvalue weighted by atomic mass is 16.6. The molecule has 1 rings (SSSR count). The van der Waals surface area contributed by atoms with Gasteiger partial charge in [-0.2, -0.15) is 0 Å². The molecule has 0 saturated heterocycles. The molecule has 0 radical (unpaired) electrons. The summed E-state index contributed by atoms with van der Waals surface area (Å²) in [5.41, 5.74) is 0.969. The molecule has 0 spiro atoms. The highest BCUT2D eigenvalue weighted by Crippen LogP contribution is 2.08. The zero-order valence-corrected chi connectivity index (χ0v) is 13.1. The zero-order chi connectivity index (χ0) is 15.9. The highest BCUT2D eigenvalue weighted by Gasteiger charge is 2.15. The third-order valence-corrected chi connectivity index (χ3v) is 2.52. The first-order valence-electron chi connectivity index (χ1n) is 7.04. The van der Waals surface area contributed by atoms with E-state index in [1.54, 1.807) is 25.1 Å². The first-order chi connectivity index (χ1) is 9.81. The van der Waals surface area contributed by atoms with Crippen molar-refractivity contribution in [3.05, 3.63) is 35.4 Å². The molecule has 0 heterocycles. The van der Waals surface area contributed by atoms with Gasteiger partial charge >= 0.3 is 12.1 Å². The maximum Gasteiger partial charge on any atom is 0.407 e. The minimum absolute atomic E-state index is 0.334. The van der Waals surface area contributed by atoms with Crippen LogP contribution < -0.4 is 5.32 Å². The molecule has 5 heteroatoms. The van der Waals surface area contributed by atoms with E-state index in [0.29, 0.717) is 25.1 Å². The second-order valence-electron chi connectivity index (χ2n) is 5.60. The van der Waals surface area contributed by atoms with Crippen molar-refractivity contribution in [1.29, 1.82) is 0 Å². The Hall–Kier alpha value is -2.04. The molecule has 5 nitrogen and oxygen atoms in total. The largest absolute Gasteiger partial charge is 0.462 e. The van der Waals surface area contributed by atoms with Crippen LogP contribution in [0, 0.1) is 0 Å². The van der Waals surface area contributed by atoms with E-state index < -0.39 is 11.7 Å². The van der Waals surface area contributed by atoms with Crippen molar-refractivity contribution in [1.82, 2.24) is 5.32 Å². The number of amides is 1. The normalized spacial score (nSPS) is 10.9. The van der Waals surface area contributed by atoms with Crippen LogP contribution in [0.15, 0.2) is 24.3 Å². The Labute approximate surface area is 125 Å². The number of ether oxygens (including phenoxy) is 2. The van der Waals surface area contributed by atoms with E-state index in [9.17, 15) is 9.59 Å². The third kappa shape index (κ3) is 6.79. The predicted octanol–water partition coefficient (Wildman–Crippen LogP) is 2.93. The van der Waals surface area contributed by atoms with Crippen LogP contribution in [-0.2, 0) is 15.9 Å². The molecule has 0 aliphatic carbocycles. The van der Waals surface area contributed by atoms with Gasteiger partial charge in [0.15, 0.2) is 0 Å². The zero-order valence-electron chi connectivity index (χ0n) is 13.1. The van der Waals surface area contributed by atoms with Crippen molar-refractivity contribution < 1.29 is 19.1 Å². The molecule has 1 amide bonds. The number of carbonyl (C=O) groups excluding carboxylic acids is 2. The van der Waals surface area contributed by atoms with Crippen molar-refractivity contribution in [2.75, 3.05) is 13.2 Å². The number of nitrogens with one attached hydrogen (secondary N) is 1. The van der Waals surface area contributed by atoms with Gasteiger partial charge in [-0.15, -0.1) is 0 Å². The Bertz CT molecular complexity index is 491. The average Bonchev–Trinajstić information content (AvgIpc) is 2.37. The lowest BCUT2D eigenvalue weighted by Gasteiger charge is -2.19. The molecule has 0 unspecified atom stereocenters. The van der Waals surface area contributed by atoms with Gasteiger partial charge in [0.05, 0.1) is 12.2 Å². The number of hydrogen-bond donors (Lipinski definition) is 1. The summed E-state index contributed by atoms with van der Waals surface area (Å²) in [5.74, 6) is -0.334. The van der Waals surface area contributed by atoms with Crippen molar-refractivity contribution >= 4 is 12.1 Å². The van der Waals surface area contributed by atoms with Gasteiger partial charge in [0.25, 0.3) is 0 Å². The quantitative estimate of drug-likeness (QED) is 0.848. The number of benzene rings is 1. The molecule has 0 aliphatic rings. The SMILES string of the molecule is CCOC(=O)c1cccc(CCNC(=O)OC(C)(C)C)c1. The highest BCUT2D eigenvalue weighted by molar-refractivity contribution is 5.89. The van der Waals surface area contributed by atoms with Crippen molar-refractivity contribution in [2.45, 2.75) is 39.7 Å². The molecule has 0 aliphatic heterocycles. The monoisotopic (exact) mass is 293 g/mol. The predicted molar refractivity (Wildman–Crippen MR) is 80.3 cm³/mol. The lowest BCUT2D eigenvalue weighted by molar-refractivity contribution is 0.0515. The first kappa shape index (κ1) is 17.0. The lowest BCUT2D eigenvalue weighted by Crippen LogP contribution is -2.33. The molecular formula is C16H23NO4. The summed E-state index contributed by atoms with van der Waals surface area (Å²) in [6.45, 7) is 8.01. The fourth-order valence-electron chi connectivity index (χ4n) is 1.69. The molecule has 21 heavy (non-hydrogen) atoms. The summed E-state index contributed by atoms with van der Waals surface area (Å²) in [4.78, 5) is 23.1. The van der Waals surface area contributed by atoms with E-state index in [4.69, 9.17) is 9.47 Å². The minimum atomic E-state index is -0.506. The van der Waals surface area contributed by atoms with E-state index in [1.165, 1.54) is 0 Å². The van der Waals surface area contributed by atoms with Crippen LogP contribution in [0.3, 0.4) is 0 Å². The van der Waals surface area contributed by atoms with Crippen LogP contribution in [0.2, 0.25) is 0 Å². The first-order valence-corrected chi connectivity index (χ1v) is 7.04. The summed E-state index contributed by atoms with van der Waals surface area (Å²) in [6.07, 6.45) is 0.177. The summed E-state index contributed by atoms with van der Waals surface area (Å²) >= 11 is 0. The molecule has 1 aromatic rings. The summed E-state index contributed by atoms with van der Waals surface area (Å²) in [7, 11) is 0. The van der Waals surface area contributed by atoms with Crippen LogP contribution in [-0.4, -0.2) is 30.8 Å². The Morgan fingerprint density at radius 2 is 1.95 bits per heavy atom. The smallest absolute Gasteiger partial charge is 0.407 e. The lowest BCUT2D eigenvalue weighted by atomic mass is 10.1. The molecule has 0 fully saturated rings. The molecule has 1 N–H and O–H groups in total. The van der Waals surface area contributed by atoms with Gasteiger partial charge in [-0.05, 0) is 51.8 Å². The molecular weight excluding hydrogens is 270 g/mol. The summed E-state index contributed by atoms with van der Waals surface area (Å²) in [5, 5.41) is 2.68. The third-order valence-electron chi connectivity index (χ3n) is 2.52. The Balaban J connectivity index is 2.47. The van der Waals surface area contributed by atoms with Gasteiger partial charge in [-0.25, -0.2) is 9.59 Å². The van der Waals surface area contributed by atoms with Crippen LogP contribution in [0.4, 0.5) is 4.79 Å². The number of esters is 1. The van der Waals surface area contributed by atoms with Crippen LogP contribution >= 0.6 is 0 Å². The molecule has 116 valence electrons. The summed E-state index contributed by atoms with van der Waals surface area (Å²) in [6, 6.07) is 7.19. The topological polar surface area (TPSA) is 64.6 Å². The van der Waals surface area contributed by atoms with Crippen molar-refractivity contribution in [3.8, 4) is 0 Å². The number of rotatable bonds is 5. The van der Waals surface area contributed by atoms with E-state index in [-0.39, 0.29) is 5.97 Å². The van der Waals surface area contributed by atoms with E-state index in [1.807, 2.05) is 26.8 Å². The number of hydrogen-bond acceptors (Lipinski definition) is 4. The van der Waals surface area contributed by atoms with Gasteiger partial charge in [0, 0.05) is 6.54 Å². The van der Waals surface area contributed by atoms with E-state index in [0.717, 1.165) is 5.56 Å². The maximum absolute atomic E-state index is 11.6. The Morgan fingerprint density at radius 1 is 1.24 bits per heavy atom. The molecule has 1 aromatic carbocycles. The fraction of sp³-hybridized carbons (Fsp3) is 0.500. The Kier molecular flexibility index (Phi) is 6.21. The van der Waals surface area contributed by atoms with Crippen LogP contribution in [0.5, 0.6) is 0 Å². The molecule has 0 saturated carbocycles. The van der Waals surface area contributed by atoms with Gasteiger partial charge in [0.1, 0.15) is 5.60 Å². The average molecular weight is 293 g/mol. The minimum Gasteiger partial charge on any atom is -0.462 e. The second kappa shape index (κ2) is 7.67. The standard InChI is InChI=1S/C16H23NO4/c1-5-20-14(18)13-8-6-7-12(11-13)9-10-17-15(19)21-16(2,3)4/h6-8,11H,5,9-10H2,1-4H3,(H,17,19). The van der Waals surface area contributed by atoms with Gasteiger partial charge in [0.2, 0.25) is 0 Å². The molecule has 0 atom stereocenters. The molecule has 0 bridgehead atoms. The number of alkyl carbamates (subject to hydrolysis) is 1. The second-order valence-corrected chi connectivity index (χ2v) is 5.60. The van der Waals surface area contributed by atoms with Crippen LogP contribution in [0.25, 0.3) is 0 Å². The van der Waals surface area contributed by atoms with Crippen LogP contribution in [0.1, 0.15) is 43.6 Å². The van der Waals surface area contributed by atoms with Crippen molar-refractivity contribution in [2.24, 2.45) is 0 Å². The van der Waals surface area contributed by atoms with Gasteiger partial charge < -0.3 is 14.8 Å². The van der Waals surface area contributed by atoms with E-state index in [2.05, 4.69) is 5.32 Å².